The summed E-state index contributed by atoms with van der Waals surface area (Å²) in [4.78, 5) is 40.6. The summed E-state index contributed by atoms with van der Waals surface area (Å²) in [5.41, 5.74) is 0.255. The van der Waals surface area contributed by atoms with Gasteiger partial charge >= 0.3 is 0 Å². The fraction of sp³-hybridized carbons (Fsp3) is 0.368. The molecule has 3 heterocycles. The van der Waals surface area contributed by atoms with E-state index in [-0.39, 0.29) is 30.1 Å². The molecule has 0 aromatic carbocycles. The van der Waals surface area contributed by atoms with Crippen LogP contribution in [-0.4, -0.2) is 41.6 Å². The molecule has 29 heavy (non-hydrogen) atoms. The molecule has 3 aromatic heterocycles. The lowest BCUT2D eigenvalue weighted by molar-refractivity contribution is -0.124. The molecular weight excluding hydrogens is 374 g/mol. The van der Waals surface area contributed by atoms with Gasteiger partial charge in [0.15, 0.2) is 5.82 Å². The summed E-state index contributed by atoms with van der Waals surface area (Å²) in [5.74, 6) is 0.596. The smallest absolute Gasteiger partial charge is 0.267 e. The molecule has 0 aliphatic heterocycles. The molecule has 3 aromatic rings. The number of carbonyl (C=O) groups is 1. The number of aromatic nitrogens is 6. The zero-order valence-corrected chi connectivity index (χ0v) is 15.9. The van der Waals surface area contributed by atoms with E-state index in [4.69, 9.17) is 0 Å². The number of nitrogens with one attached hydrogen (secondary N) is 1. The van der Waals surface area contributed by atoms with Crippen molar-refractivity contribution in [1.82, 2.24) is 34.4 Å². The van der Waals surface area contributed by atoms with Crippen molar-refractivity contribution in [2.45, 2.75) is 38.3 Å². The Morgan fingerprint density at radius 1 is 1.17 bits per heavy atom. The van der Waals surface area contributed by atoms with Gasteiger partial charge in [0.1, 0.15) is 12.4 Å². The number of nitrogens with zero attached hydrogens (tertiary/aromatic N) is 6. The molecule has 1 amide bonds. The second-order valence-corrected chi connectivity index (χ2v) is 7.01. The molecule has 150 valence electrons. The topological polar surface area (TPSA) is 117 Å². The van der Waals surface area contributed by atoms with Crippen molar-refractivity contribution in [2.24, 2.45) is 0 Å². The van der Waals surface area contributed by atoms with Crippen LogP contribution < -0.4 is 16.4 Å². The van der Waals surface area contributed by atoms with Crippen LogP contribution in [0.25, 0.3) is 5.82 Å². The normalized spacial score (nSPS) is 14.5. The molecule has 1 aliphatic carbocycles. The third-order valence-corrected chi connectivity index (χ3v) is 4.83. The van der Waals surface area contributed by atoms with Gasteiger partial charge in [0.2, 0.25) is 5.91 Å². The molecule has 0 saturated heterocycles. The first-order valence-electron chi connectivity index (χ1n) is 9.47. The van der Waals surface area contributed by atoms with Crippen LogP contribution in [-0.2, 0) is 11.3 Å². The van der Waals surface area contributed by atoms with Crippen LogP contribution in [0, 0.1) is 0 Å². The Bertz CT molecular complexity index is 1130. The van der Waals surface area contributed by atoms with Crippen LogP contribution in [0.2, 0.25) is 0 Å². The van der Waals surface area contributed by atoms with Gasteiger partial charge in [-0.25, -0.2) is 14.3 Å². The quantitative estimate of drug-likeness (QED) is 0.613. The van der Waals surface area contributed by atoms with Crippen molar-refractivity contribution >= 4 is 5.91 Å². The van der Waals surface area contributed by atoms with Crippen LogP contribution >= 0.6 is 0 Å². The summed E-state index contributed by atoms with van der Waals surface area (Å²) in [5, 5.41) is 11.4. The number of hydrogen-bond acceptors (Lipinski definition) is 6. The monoisotopic (exact) mass is 395 g/mol. The highest BCUT2D eigenvalue weighted by atomic mass is 16.2. The van der Waals surface area contributed by atoms with E-state index >= 15 is 0 Å². The van der Waals surface area contributed by atoms with Gasteiger partial charge in [-0.3, -0.25) is 19.0 Å². The molecule has 10 nitrogen and oxygen atoms in total. The summed E-state index contributed by atoms with van der Waals surface area (Å²) in [7, 11) is 0. The number of hydrogen-bond donors (Lipinski definition) is 1. The zero-order valence-electron chi connectivity index (χ0n) is 15.9. The summed E-state index contributed by atoms with van der Waals surface area (Å²) < 4.78 is 4.17. The van der Waals surface area contributed by atoms with Gasteiger partial charge < -0.3 is 5.32 Å². The average Bonchev–Trinajstić information content (AvgIpc) is 3.43. The molecule has 1 N–H and O–H groups in total. The molecule has 0 spiro atoms. The third-order valence-electron chi connectivity index (χ3n) is 4.83. The summed E-state index contributed by atoms with van der Waals surface area (Å²) >= 11 is 0. The molecule has 1 aliphatic rings. The molecule has 1 saturated carbocycles. The van der Waals surface area contributed by atoms with Gasteiger partial charge in [-0.2, -0.15) is 10.2 Å². The Morgan fingerprint density at radius 2 is 1.97 bits per heavy atom. The lowest BCUT2D eigenvalue weighted by Crippen LogP contribution is -2.39. The summed E-state index contributed by atoms with van der Waals surface area (Å²) in [6.07, 6.45) is 7.05. The minimum atomic E-state index is -0.747. The van der Waals surface area contributed by atoms with Crippen LogP contribution in [0.5, 0.6) is 0 Å². The predicted molar refractivity (Wildman–Crippen MR) is 104 cm³/mol. The molecule has 1 atom stereocenters. The van der Waals surface area contributed by atoms with Crippen LogP contribution in [0.15, 0.2) is 52.6 Å². The fourth-order valence-electron chi connectivity index (χ4n) is 2.99. The largest absolute Gasteiger partial charge is 0.352 e. The van der Waals surface area contributed by atoms with E-state index in [1.54, 1.807) is 42.3 Å². The van der Waals surface area contributed by atoms with Gasteiger partial charge in [-0.05, 0) is 31.9 Å². The number of rotatable bonds is 7. The maximum atomic E-state index is 12.5. The van der Waals surface area contributed by atoms with Crippen LogP contribution in [0.3, 0.4) is 0 Å². The van der Waals surface area contributed by atoms with Gasteiger partial charge in [-0.1, -0.05) is 0 Å². The maximum Gasteiger partial charge on any atom is 0.267 e. The third kappa shape index (κ3) is 4.15. The molecule has 4 rings (SSSR count). The molecule has 10 heteroatoms. The Labute approximate surface area is 165 Å². The first-order valence-corrected chi connectivity index (χ1v) is 9.47. The number of imidazole rings is 1. The van der Waals surface area contributed by atoms with Gasteiger partial charge in [0.05, 0.1) is 12.2 Å². The lowest BCUT2D eigenvalue weighted by atomic mass is 10.2. The second-order valence-electron chi connectivity index (χ2n) is 7.01. The minimum Gasteiger partial charge on any atom is -0.352 e. The van der Waals surface area contributed by atoms with E-state index in [1.165, 1.54) is 21.5 Å². The molecule has 0 radical (unpaired) electrons. The second kappa shape index (κ2) is 7.82. The summed E-state index contributed by atoms with van der Waals surface area (Å²) in [6, 6.07) is 5.46. The minimum absolute atomic E-state index is 0.195. The first kappa shape index (κ1) is 18.8. The highest BCUT2D eigenvalue weighted by Gasteiger charge is 2.27. The van der Waals surface area contributed by atoms with Crippen molar-refractivity contribution in [3.8, 4) is 5.82 Å². The average molecular weight is 395 g/mol. The Kier molecular flexibility index (Phi) is 5.07. The molecule has 0 unspecified atom stereocenters. The van der Waals surface area contributed by atoms with E-state index in [0.29, 0.717) is 11.7 Å². The maximum absolute atomic E-state index is 12.5. The number of carbonyl (C=O) groups excluding carboxylic acids is 1. The standard InChI is InChI=1S/C19H21N7O3/c1-13(26-18(28)6-4-15(22-26)14-2-3-14)19(29)21-9-11-25-17(27)7-5-16(23-25)24-10-8-20-12-24/h4-8,10,12-14H,2-3,9,11H2,1H3,(H,21,29)/t13-/m1/s1. The molecule has 0 bridgehead atoms. The van der Waals surface area contributed by atoms with E-state index in [2.05, 4.69) is 20.5 Å². The van der Waals surface area contributed by atoms with E-state index in [9.17, 15) is 14.4 Å². The first-order chi connectivity index (χ1) is 14.0. The molecular formula is C19H21N7O3. The lowest BCUT2D eigenvalue weighted by Gasteiger charge is -2.15. The van der Waals surface area contributed by atoms with Crippen molar-refractivity contribution in [2.75, 3.05) is 6.54 Å². The molecule has 1 fully saturated rings. The highest BCUT2D eigenvalue weighted by molar-refractivity contribution is 5.79. The predicted octanol–water partition coefficient (Wildman–Crippen LogP) is 0.240. The Morgan fingerprint density at radius 3 is 2.69 bits per heavy atom. The Hall–Kier alpha value is -3.56. The van der Waals surface area contributed by atoms with Gasteiger partial charge in [-0.15, -0.1) is 0 Å². The van der Waals surface area contributed by atoms with E-state index in [0.717, 1.165) is 18.5 Å². The van der Waals surface area contributed by atoms with Crippen molar-refractivity contribution in [1.29, 1.82) is 0 Å². The summed E-state index contributed by atoms with van der Waals surface area (Å²) in [6.45, 7) is 2.02. The van der Waals surface area contributed by atoms with E-state index < -0.39 is 6.04 Å². The Balaban J connectivity index is 1.40. The fourth-order valence-corrected chi connectivity index (χ4v) is 2.99. The SMILES string of the molecule is C[C@H](C(=O)NCCn1nc(-n2ccnc2)ccc1=O)n1nc(C2CC2)ccc1=O. The van der Waals surface area contributed by atoms with Crippen molar-refractivity contribution < 1.29 is 4.79 Å². The van der Waals surface area contributed by atoms with Gasteiger partial charge in [0.25, 0.3) is 11.1 Å². The number of amides is 1. The highest BCUT2D eigenvalue weighted by Crippen LogP contribution is 2.38. The van der Waals surface area contributed by atoms with Crippen molar-refractivity contribution in [3.05, 3.63) is 69.4 Å². The zero-order chi connectivity index (χ0) is 20.4. The van der Waals surface area contributed by atoms with Crippen molar-refractivity contribution in [3.63, 3.8) is 0 Å². The van der Waals surface area contributed by atoms with Crippen LogP contribution in [0.4, 0.5) is 0 Å². The van der Waals surface area contributed by atoms with E-state index in [1.807, 2.05) is 0 Å². The van der Waals surface area contributed by atoms with Gasteiger partial charge in [0, 0.05) is 37.0 Å². The van der Waals surface area contributed by atoms with Crippen LogP contribution in [0.1, 0.15) is 37.4 Å².